The van der Waals surface area contributed by atoms with Gasteiger partial charge in [0.25, 0.3) is 0 Å². The average molecular weight is 251 g/mol. The largest absolute Gasteiger partial charge is 0.378 e. The van der Waals surface area contributed by atoms with E-state index < -0.39 is 0 Å². The lowest BCUT2D eigenvalue weighted by atomic mass is 10.1. The molecule has 1 saturated carbocycles. The van der Waals surface area contributed by atoms with Gasteiger partial charge in [0, 0.05) is 13.0 Å². The van der Waals surface area contributed by atoms with Gasteiger partial charge < -0.3 is 14.6 Å². The van der Waals surface area contributed by atoms with Crippen molar-refractivity contribution in [3.63, 3.8) is 0 Å². The molecule has 1 N–H and O–H groups in total. The molecule has 18 heavy (non-hydrogen) atoms. The van der Waals surface area contributed by atoms with E-state index in [1.165, 1.54) is 25.7 Å². The maximum atomic E-state index is 5.67. The zero-order valence-corrected chi connectivity index (χ0v) is 10.7. The first-order valence-corrected chi connectivity index (χ1v) is 7.04. The zero-order chi connectivity index (χ0) is 12.2. The molecule has 2 fully saturated rings. The molecule has 0 aromatic carbocycles. The van der Waals surface area contributed by atoms with Crippen LogP contribution in [0.1, 0.15) is 43.8 Å². The molecule has 5 nitrogen and oxygen atoms in total. The molecule has 100 valence electrons. The van der Waals surface area contributed by atoms with E-state index in [1.807, 2.05) is 0 Å². The number of nitrogens with zero attached hydrogens (tertiary/aromatic N) is 2. The molecular formula is C13H21N3O2. The summed E-state index contributed by atoms with van der Waals surface area (Å²) in [4.78, 5) is 4.40. The molecular weight excluding hydrogens is 230 g/mol. The molecule has 0 amide bonds. The van der Waals surface area contributed by atoms with Gasteiger partial charge in [-0.2, -0.15) is 4.98 Å². The summed E-state index contributed by atoms with van der Waals surface area (Å²) in [6.07, 6.45) is 7.33. The second-order valence-corrected chi connectivity index (χ2v) is 5.37. The first-order valence-electron chi connectivity index (χ1n) is 7.04. The van der Waals surface area contributed by atoms with Crippen molar-refractivity contribution >= 4 is 0 Å². The highest BCUT2D eigenvalue weighted by molar-refractivity contribution is 4.89. The fourth-order valence-electron chi connectivity index (χ4n) is 2.32. The minimum absolute atomic E-state index is 0.281. The summed E-state index contributed by atoms with van der Waals surface area (Å²) in [6, 6.07) is 0. The topological polar surface area (TPSA) is 60.2 Å². The quantitative estimate of drug-likeness (QED) is 0.833. The van der Waals surface area contributed by atoms with Crippen LogP contribution < -0.4 is 5.32 Å². The SMILES string of the molecule is C1CCC(Cc2noc(CNCC3CC3)n2)OC1. The Morgan fingerprint density at radius 1 is 1.22 bits per heavy atom. The van der Waals surface area contributed by atoms with Crippen molar-refractivity contribution in [2.75, 3.05) is 13.2 Å². The third-order valence-corrected chi connectivity index (χ3v) is 3.60. The predicted molar refractivity (Wildman–Crippen MR) is 66.0 cm³/mol. The third-order valence-electron chi connectivity index (χ3n) is 3.60. The number of ether oxygens (including phenoxy) is 1. The summed E-state index contributed by atoms with van der Waals surface area (Å²) in [5.74, 6) is 2.36. The van der Waals surface area contributed by atoms with Gasteiger partial charge in [0.15, 0.2) is 5.82 Å². The molecule has 2 aliphatic rings. The first kappa shape index (κ1) is 12.1. The van der Waals surface area contributed by atoms with E-state index in [4.69, 9.17) is 9.26 Å². The Hall–Kier alpha value is -0.940. The van der Waals surface area contributed by atoms with Gasteiger partial charge in [0.05, 0.1) is 12.6 Å². The lowest BCUT2D eigenvalue weighted by Crippen LogP contribution is -2.22. The van der Waals surface area contributed by atoms with Gasteiger partial charge in [-0.15, -0.1) is 0 Å². The van der Waals surface area contributed by atoms with Crippen molar-refractivity contribution in [2.24, 2.45) is 5.92 Å². The highest BCUT2D eigenvalue weighted by atomic mass is 16.5. The maximum absolute atomic E-state index is 5.67. The van der Waals surface area contributed by atoms with Crippen LogP contribution in [0.5, 0.6) is 0 Å². The molecule has 3 rings (SSSR count). The molecule has 1 aromatic heterocycles. The summed E-state index contributed by atoms with van der Waals surface area (Å²) >= 11 is 0. The molecule has 1 saturated heterocycles. The Morgan fingerprint density at radius 2 is 2.17 bits per heavy atom. The van der Waals surface area contributed by atoms with E-state index in [0.29, 0.717) is 12.4 Å². The minimum Gasteiger partial charge on any atom is -0.378 e. The lowest BCUT2D eigenvalue weighted by Gasteiger charge is -2.20. The Labute approximate surface area is 107 Å². The van der Waals surface area contributed by atoms with Crippen LogP contribution in [0.4, 0.5) is 0 Å². The maximum Gasteiger partial charge on any atom is 0.240 e. The Kier molecular flexibility index (Phi) is 3.90. The lowest BCUT2D eigenvalue weighted by molar-refractivity contribution is 0.0153. The van der Waals surface area contributed by atoms with Crippen LogP contribution >= 0.6 is 0 Å². The summed E-state index contributed by atoms with van der Waals surface area (Å²) in [5, 5.41) is 7.37. The zero-order valence-electron chi connectivity index (χ0n) is 10.7. The van der Waals surface area contributed by atoms with Crippen LogP contribution in [0.3, 0.4) is 0 Å². The third kappa shape index (κ3) is 3.53. The fourth-order valence-corrected chi connectivity index (χ4v) is 2.32. The second-order valence-electron chi connectivity index (χ2n) is 5.37. The van der Waals surface area contributed by atoms with Crippen molar-refractivity contribution < 1.29 is 9.26 Å². The molecule has 1 aliphatic heterocycles. The smallest absolute Gasteiger partial charge is 0.240 e. The van der Waals surface area contributed by atoms with Crippen LogP contribution in [0, 0.1) is 5.92 Å². The molecule has 1 unspecified atom stereocenters. The Bertz CT molecular complexity index is 370. The van der Waals surface area contributed by atoms with E-state index in [-0.39, 0.29) is 6.10 Å². The van der Waals surface area contributed by atoms with Gasteiger partial charge in [-0.25, -0.2) is 0 Å². The van der Waals surface area contributed by atoms with Crippen LogP contribution in [-0.2, 0) is 17.7 Å². The van der Waals surface area contributed by atoms with E-state index in [2.05, 4.69) is 15.5 Å². The van der Waals surface area contributed by atoms with Gasteiger partial charge in [-0.05, 0) is 44.6 Å². The predicted octanol–water partition coefficient (Wildman–Crippen LogP) is 1.68. The van der Waals surface area contributed by atoms with Crippen LogP contribution in [0.15, 0.2) is 4.52 Å². The molecule has 0 spiro atoms. The summed E-state index contributed by atoms with van der Waals surface area (Å²) in [5.41, 5.74) is 0. The standard InChI is InChI=1S/C13H21N3O2/c1-2-6-17-11(3-1)7-12-15-13(18-16-12)9-14-8-10-4-5-10/h10-11,14H,1-9H2. The fraction of sp³-hybridized carbons (Fsp3) is 0.846. The van der Waals surface area contributed by atoms with Gasteiger partial charge in [0.2, 0.25) is 5.89 Å². The van der Waals surface area contributed by atoms with E-state index in [1.54, 1.807) is 0 Å². The van der Waals surface area contributed by atoms with Crippen molar-refractivity contribution in [3.8, 4) is 0 Å². The summed E-state index contributed by atoms with van der Waals surface area (Å²) < 4.78 is 10.9. The van der Waals surface area contributed by atoms with Crippen LogP contribution in [0.25, 0.3) is 0 Å². The average Bonchev–Trinajstić information content (AvgIpc) is 3.11. The van der Waals surface area contributed by atoms with E-state index in [9.17, 15) is 0 Å². The van der Waals surface area contributed by atoms with Crippen molar-refractivity contribution in [2.45, 2.75) is 51.2 Å². The Morgan fingerprint density at radius 3 is 2.94 bits per heavy atom. The van der Waals surface area contributed by atoms with Crippen molar-refractivity contribution in [3.05, 3.63) is 11.7 Å². The van der Waals surface area contributed by atoms with Crippen molar-refractivity contribution in [1.29, 1.82) is 0 Å². The number of nitrogens with one attached hydrogen (secondary N) is 1. The summed E-state index contributed by atoms with van der Waals surface area (Å²) in [6.45, 7) is 2.64. The van der Waals surface area contributed by atoms with E-state index in [0.717, 1.165) is 37.7 Å². The summed E-state index contributed by atoms with van der Waals surface area (Å²) in [7, 11) is 0. The van der Waals surface area contributed by atoms with Gasteiger partial charge in [0.1, 0.15) is 0 Å². The van der Waals surface area contributed by atoms with Gasteiger partial charge in [-0.1, -0.05) is 5.16 Å². The minimum atomic E-state index is 0.281. The molecule has 2 heterocycles. The molecule has 1 aromatic rings. The number of hydrogen-bond acceptors (Lipinski definition) is 5. The van der Waals surface area contributed by atoms with Gasteiger partial charge in [-0.3, -0.25) is 0 Å². The number of rotatable bonds is 6. The molecule has 1 aliphatic carbocycles. The highest BCUT2D eigenvalue weighted by Crippen LogP contribution is 2.27. The highest BCUT2D eigenvalue weighted by Gasteiger charge is 2.21. The molecule has 5 heteroatoms. The molecule has 0 bridgehead atoms. The first-order chi connectivity index (χ1) is 8.90. The molecule has 0 radical (unpaired) electrons. The number of hydrogen-bond donors (Lipinski definition) is 1. The number of aromatic nitrogens is 2. The van der Waals surface area contributed by atoms with Crippen LogP contribution in [0.2, 0.25) is 0 Å². The van der Waals surface area contributed by atoms with E-state index >= 15 is 0 Å². The molecule has 1 atom stereocenters. The van der Waals surface area contributed by atoms with Crippen LogP contribution in [-0.4, -0.2) is 29.4 Å². The van der Waals surface area contributed by atoms with Crippen molar-refractivity contribution in [1.82, 2.24) is 15.5 Å². The van der Waals surface area contributed by atoms with Gasteiger partial charge >= 0.3 is 0 Å². The normalized spacial score (nSPS) is 24.3. The second kappa shape index (κ2) is 5.80. The Balaban J connectivity index is 1.42. The monoisotopic (exact) mass is 251 g/mol.